The van der Waals surface area contributed by atoms with E-state index in [1.165, 1.54) is 11.8 Å². The SMILES string of the molecule is Cc1nc2ccccc2nc1SCc1nnc(-c2c(-c3ccccc3)noc2C)o1. The fourth-order valence-electron chi connectivity index (χ4n) is 3.17. The van der Waals surface area contributed by atoms with Crippen molar-refractivity contribution in [3.05, 3.63) is 71.9 Å². The quantitative estimate of drug-likeness (QED) is 0.360. The molecule has 0 unspecified atom stereocenters. The topological polar surface area (TPSA) is 90.7 Å². The van der Waals surface area contributed by atoms with Crippen molar-refractivity contribution in [1.82, 2.24) is 25.3 Å². The molecule has 0 saturated heterocycles. The molecule has 2 aromatic carbocycles. The first-order chi connectivity index (χ1) is 14.7. The van der Waals surface area contributed by atoms with E-state index in [4.69, 9.17) is 13.9 Å². The molecule has 148 valence electrons. The molecule has 0 amide bonds. The van der Waals surface area contributed by atoms with Crippen LogP contribution in [0.3, 0.4) is 0 Å². The molecule has 0 aliphatic rings. The lowest BCUT2D eigenvalue weighted by Gasteiger charge is -2.04. The Bertz CT molecular complexity index is 1330. The van der Waals surface area contributed by atoms with Crippen molar-refractivity contribution in [2.75, 3.05) is 0 Å². The molecule has 0 N–H and O–H groups in total. The van der Waals surface area contributed by atoms with Gasteiger partial charge >= 0.3 is 0 Å². The van der Waals surface area contributed by atoms with Gasteiger partial charge in [0.25, 0.3) is 5.89 Å². The van der Waals surface area contributed by atoms with Crippen LogP contribution in [-0.2, 0) is 5.75 Å². The molecule has 0 fully saturated rings. The Hall–Kier alpha value is -3.52. The molecule has 3 heterocycles. The van der Waals surface area contributed by atoms with E-state index in [2.05, 4.69) is 20.3 Å². The average molecular weight is 415 g/mol. The summed E-state index contributed by atoms with van der Waals surface area (Å²) < 4.78 is 11.3. The predicted octanol–water partition coefficient (Wildman–Crippen LogP) is 5.24. The average Bonchev–Trinajstić information content (AvgIpc) is 3.39. The number of benzene rings is 2. The summed E-state index contributed by atoms with van der Waals surface area (Å²) in [7, 11) is 0. The third-order valence-corrected chi connectivity index (χ3v) is 5.68. The van der Waals surface area contributed by atoms with Gasteiger partial charge in [-0.1, -0.05) is 59.4 Å². The Balaban J connectivity index is 1.40. The fourth-order valence-corrected chi connectivity index (χ4v) is 3.96. The van der Waals surface area contributed by atoms with Gasteiger partial charge in [-0.25, -0.2) is 9.97 Å². The van der Waals surface area contributed by atoms with Crippen LogP contribution in [0.5, 0.6) is 0 Å². The summed E-state index contributed by atoms with van der Waals surface area (Å²) in [6.45, 7) is 3.79. The molecule has 0 spiro atoms. The van der Waals surface area contributed by atoms with Crippen molar-refractivity contribution in [3.8, 4) is 22.7 Å². The summed E-state index contributed by atoms with van der Waals surface area (Å²) in [6, 6.07) is 17.6. The number of hydrogen-bond donors (Lipinski definition) is 0. The summed E-state index contributed by atoms with van der Waals surface area (Å²) >= 11 is 1.52. The smallest absolute Gasteiger partial charge is 0.253 e. The van der Waals surface area contributed by atoms with Gasteiger partial charge < -0.3 is 8.94 Å². The number of thioether (sulfide) groups is 1. The maximum atomic E-state index is 5.93. The molecule has 5 rings (SSSR count). The van der Waals surface area contributed by atoms with Gasteiger partial charge in [0.15, 0.2) is 0 Å². The van der Waals surface area contributed by atoms with Crippen LogP contribution in [0.2, 0.25) is 0 Å². The van der Waals surface area contributed by atoms with Crippen LogP contribution >= 0.6 is 11.8 Å². The van der Waals surface area contributed by atoms with E-state index in [1.54, 1.807) is 0 Å². The molecular weight excluding hydrogens is 398 g/mol. The minimum atomic E-state index is 0.393. The molecule has 0 bridgehead atoms. The zero-order chi connectivity index (χ0) is 20.5. The van der Waals surface area contributed by atoms with Gasteiger partial charge in [0.1, 0.15) is 22.0 Å². The van der Waals surface area contributed by atoms with Crippen molar-refractivity contribution >= 4 is 22.8 Å². The van der Waals surface area contributed by atoms with Gasteiger partial charge in [0.05, 0.1) is 22.5 Å². The number of hydrogen-bond acceptors (Lipinski definition) is 8. The monoisotopic (exact) mass is 415 g/mol. The first-order valence-corrected chi connectivity index (χ1v) is 10.4. The lowest BCUT2D eigenvalue weighted by atomic mass is 10.1. The molecule has 0 aliphatic heterocycles. The molecule has 7 nitrogen and oxygen atoms in total. The third kappa shape index (κ3) is 3.46. The summed E-state index contributed by atoms with van der Waals surface area (Å²) in [4.78, 5) is 9.32. The number of aryl methyl sites for hydroxylation is 2. The Morgan fingerprint density at radius 1 is 0.867 bits per heavy atom. The van der Waals surface area contributed by atoms with E-state index in [0.29, 0.717) is 34.6 Å². The van der Waals surface area contributed by atoms with Gasteiger partial charge in [-0.15, -0.1) is 10.2 Å². The number of nitrogens with zero attached hydrogens (tertiary/aromatic N) is 5. The van der Waals surface area contributed by atoms with Crippen molar-refractivity contribution < 1.29 is 8.94 Å². The maximum absolute atomic E-state index is 5.93. The predicted molar refractivity (Wildman–Crippen MR) is 114 cm³/mol. The van der Waals surface area contributed by atoms with Crippen LogP contribution in [-0.4, -0.2) is 25.3 Å². The zero-order valence-corrected chi connectivity index (χ0v) is 17.2. The first-order valence-electron chi connectivity index (χ1n) is 9.39. The maximum Gasteiger partial charge on any atom is 0.253 e. The summed E-state index contributed by atoms with van der Waals surface area (Å²) in [6.07, 6.45) is 0. The van der Waals surface area contributed by atoms with Gasteiger partial charge in [-0.05, 0) is 26.0 Å². The minimum absolute atomic E-state index is 0.393. The molecule has 30 heavy (non-hydrogen) atoms. The van der Waals surface area contributed by atoms with Crippen LogP contribution in [0.25, 0.3) is 33.7 Å². The molecule has 0 aliphatic carbocycles. The number of fused-ring (bicyclic) bond motifs is 1. The van der Waals surface area contributed by atoms with Crippen molar-refractivity contribution in [3.63, 3.8) is 0 Å². The Kier molecular flexibility index (Phi) is 4.76. The Morgan fingerprint density at radius 2 is 1.60 bits per heavy atom. The van der Waals surface area contributed by atoms with E-state index in [1.807, 2.05) is 68.4 Å². The number of para-hydroxylation sites is 2. The zero-order valence-electron chi connectivity index (χ0n) is 16.4. The largest absolute Gasteiger partial charge is 0.420 e. The molecule has 5 aromatic rings. The second-order valence-electron chi connectivity index (χ2n) is 6.72. The van der Waals surface area contributed by atoms with E-state index in [9.17, 15) is 0 Å². The third-order valence-electron chi connectivity index (χ3n) is 4.62. The Labute approximate surface area is 176 Å². The fraction of sp³-hybridized carbons (Fsp3) is 0.136. The lowest BCUT2D eigenvalue weighted by molar-refractivity contribution is 0.399. The van der Waals surface area contributed by atoms with E-state index >= 15 is 0 Å². The highest BCUT2D eigenvalue weighted by Crippen LogP contribution is 2.34. The number of rotatable bonds is 5. The van der Waals surface area contributed by atoms with Gasteiger partial charge in [0, 0.05) is 5.56 Å². The van der Waals surface area contributed by atoms with Crippen molar-refractivity contribution in [1.29, 1.82) is 0 Å². The van der Waals surface area contributed by atoms with Gasteiger partial charge in [0.2, 0.25) is 5.89 Å². The highest BCUT2D eigenvalue weighted by molar-refractivity contribution is 7.98. The Morgan fingerprint density at radius 3 is 2.40 bits per heavy atom. The van der Waals surface area contributed by atoms with E-state index in [0.717, 1.165) is 27.3 Å². The van der Waals surface area contributed by atoms with Crippen LogP contribution in [0.15, 0.2) is 68.6 Å². The van der Waals surface area contributed by atoms with Crippen molar-refractivity contribution in [2.45, 2.75) is 24.6 Å². The molecule has 0 saturated carbocycles. The molecule has 0 atom stereocenters. The first kappa shape index (κ1) is 18.5. The summed E-state index contributed by atoms with van der Waals surface area (Å²) in [5, 5.41) is 13.5. The standard InChI is InChI=1S/C22H17N5O2S/c1-13-22(24-17-11-7-6-10-16(17)23-13)30-12-18-25-26-21(28-18)19-14(2)29-27-20(19)15-8-4-3-5-9-15/h3-11H,12H2,1-2H3. The highest BCUT2D eigenvalue weighted by Gasteiger charge is 2.22. The number of aromatic nitrogens is 5. The highest BCUT2D eigenvalue weighted by atomic mass is 32.2. The van der Waals surface area contributed by atoms with Crippen LogP contribution < -0.4 is 0 Å². The van der Waals surface area contributed by atoms with E-state index in [-0.39, 0.29) is 0 Å². The second kappa shape index (κ2) is 7.72. The normalized spacial score (nSPS) is 11.3. The van der Waals surface area contributed by atoms with Crippen LogP contribution in [0, 0.1) is 13.8 Å². The minimum Gasteiger partial charge on any atom is -0.420 e. The van der Waals surface area contributed by atoms with E-state index < -0.39 is 0 Å². The molecule has 3 aromatic heterocycles. The van der Waals surface area contributed by atoms with Crippen molar-refractivity contribution in [2.24, 2.45) is 0 Å². The summed E-state index contributed by atoms with van der Waals surface area (Å²) in [5.41, 5.74) is 4.96. The van der Waals surface area contributed by atoms with Gasteiger partial charge in [-0.3, -0.25) is 0 Å². The molecule has 0 radical (unpaired) electrons. The van der Waals surface area contributed by atoms with Gasteiger partial charge in [-0.2, -0.15) is 0 Å². The summed E-state index contributed by atoms with van der Waals surface area (Å²) in [5.74, 6) is 2.02. The molecular formula is C22H17N5O2S. The second-order valence-corrected chi connectivity index (χ2v) is 7.68. The van der Waals surface area contributed by atoms with Crippen LogP contribution in [0.4, 0.5) is 0 Å². The van der Waals surface area contributed by atoms with Crippen LogP contribution in [0.1, 0.15) is 17.3 Å². The molecule has 8 heteroatoms. The lowest BCUT2D eigenvalue weighted by Crippen LogP contribution is -1.93.